The van der Waals surface area contributed by atoms with Gasteiger partial charge < -0.3 is 10.3 Å². The molecule has 11 heteroatoms. The van der Waals surface area contributed by atoms with Gasteiger partial charge in [-0.2, -0.15) is 4.31 Å². The summed E-state index contributed by atoms with van der Waals surface area (Å²) in [4.78, 5) is 16.6. The number of amides is 1. The van der Waals surface area contributed by atoms with E-state index in [4.69, 9.17) is 0 Å². The number of nitrogens with one attached hydrogen (secondary N) is 2. The number of piperidine rings is 1. The number of anilines is 1. The number of H-pyrrole nitrogens is 1. The predicted octanol–water partition coefficient (Wildman–Crippen LogP) is 5.94. The van der Waals surface area contributed by atoms with Crippen molar-refractivity contribution in [3.05, 3.63) is 84.1 Å². The molecular formula is C31H32N6O3S2. The second-order valence-corrected chi connectivity index (χ2v) is 13.3. The Morgan fingerprint density at radius 3 is 2.52 bits per heavy atom. The summed E-state index contributed by atoms with van der Waals surface area (Å²) in [5.74, 6) is 0.480. The van der Waals surface area contributed by atoms with Crippen LogP contribution in [0.3, 0.4) is 0 Å². The van der Waals surface area contributed by atoms with Crippen molar-refractivity contribution in [1.82, 2.24) is 24.1 Å². The third-order valence-corrected chi connectivity index (χ3v) is 10.5. The van der Waals surface area contributed by atoms with Crippen molar-refractivity contribution in [3.63, 3.8) is 0 Å². The summed E-state index contributed by atoms with van der Waals surface area (Å²) in [6.07, 6.45) is 4.69. The first kappa shape index (κ1) is 28.2. The van der Waals surface area contributed by atoms with Gasteiger partial charge in [-0.15, -0.1) is 10.2 Å². The first-order chi connectivity index (χ1) is 20.3. The number of hydrogen-bond acceptors (Lipinski definition) is 6. The van der Waals surface area contributed by atoms with Gasteiger partial charge in [0.25, 0.3) is 0 Å². The smallest absolute Gasteiger partial charge is 0.243 e. The van der Waals surface area contributed by atoms with Crippen LogP contribution in [0.15, 0.2) is 83.0 Å². The average Bonchev–Trinajstić information content (AvgIpc) is 3.62. The van der Waals surface area contributed by atoms with Gasteiger partial charge in [-0.1, -0.05) is 60.6 Å². The van der Waals surface area contributed by atoms with Gasteiger partial charge in [0.1, 0.15) is 0 Å². The van der Waals surface area contributed by atoms with Crippen molar-refractivity contribution in [2.24, 2.45) is 0 Å². The highest BCUT2D eigenvalue weighted by Crippen LogP contribution is 2.33. The molecule has 2 N–H and O–H groups in total. The van der Waals surface area contributed by atoms with E-state index < -0.39 is 10.0 Å². The van der Waals surface area contributed by atoms with Gasteiger partial charge >= 0.3 is 0 Å². The molecule has 9 nitrogen and oxygen atoms in total. The Labute approximate surface area is 249 Å². The number of aromatic nitrogens is 4. The first-order valence-corrected chi connectivity index (χ1v) is 16.4. The quantitative estimate of drug-likeness (QED) is 0.213. The summed E-state index contributed by atoms with van der Waals surface area (Å²) in [6.45, 7) is 4.86. The fraction of sp³-hybridized carbons (Fsp3) is 0.258. The second-order valence-electron chi connectivity index (χ2n) is 10.5. The van der Waals surface area contributed by atoms with Crippen LogP contribution in [0.4, 0.5) is 5.69 Å². The number of para-hydroxylation sites is 2. The van der Waals surface area contributed by atoms with Crippen molar-refractivity contribution in [2.75, 3.05) is 24.2 Å². The maximum Gasteiger partial charge on any atom is 0.243 e. The van der Waals surface area contributed by atoms with Crippen molar-refractivity contribution in [1.29, 1.82) is 0 Å². The lowest BCUT2D eigenvalue weighted by molar-refractivity contribution is -0.113. The maximum atomic E-state index is 13.3. The summed E-state index contributed by atoms with van der Waals surface area (Å²) in [7, 11) is -3.63. The van der Waals surface area contributed by atoms with E-state index in [-0.39, 0.29) is 16.6 Å². The normalized spacial score (nSPS) is 14.3. The zero-order valence-electron chi connectivity index (χ0n) is 23.5. The lowest BCUT2D eigenvalue weighted by Crippen LogP contribution is -2.36. The van der Waals surface area contributed by atoms with E-state index >= 15 is 0 Å². The van der Waals surface area contributed by atoms with E-state index in [1.165, 1.54) is 11.8 Å². The van der Waals surface area contributed by atoms with Crippen LogP contribution >= 0.6 is 11.8 Å². The van der Waals surface area contributed by atoms with E-state index in [2.05, 4.69) is 20.5 Å². The van der Waals surface area contributed by atoms with Crippen LogP contribution in [-0.4, -0.2) is 57.2 Å². The number of carbonyl (C=O) groups is 1. The first-order valence-electron chi connectivity index (χ1n) is 13.9. The second kappa shape index (κ2) is 11.7. The summed E-state index contributed by atoms with van der Waals surface area (Å²) in [5, 5.41) is 13.5. The third-order valence-electron chi connectivity index (χ3n) is 7.56. The van der Waals surface area contributed by atoms with Gasteiger partial charge in [-0.25, -0.2) is 8.42 Å². The molecule has 2 aromatic heterocycles. The summed E-state index contributed by atoms with van der Waals surface area (Å²) < 4.78 is 30.2. The number of hydrogen-bond donors (Lipinski definition) is 2. The summed E-state index contributed by atoms with van der Waals surface area (Å²) in [5.41, 5.74) is 4.99. The maximum absolute atomic E-state index is 13.3. The Bertz CT molecular complexity index is 1870. The van der Waals surface area contributed by atoms with E-state index in [9.17, 15) is 13.2 Å². The van der Waals surface area contributed by atoms with Crippen LogP contribution < -0.4 is 5.32 Å². The highest BCUT2D eigenvalue weighted by Gasteiger charge is 2.28. The fourth-order valence-corrected chi connectivity index (χ4v) is 7.87. The molecule has 1 saturated heterocycles. The van der Waals surface area contributed by atoms with Crippen LogP contribution in [0.25, 0.3) is 28.0 Å². The molecule has 42 heavy (non-hydrogen) atoms. The Kier molecular flexibility index (Phi) is 7.89. The molecule has 0 aliphatic carbocycles. The zero-order chi connectivity index (χ0) is 29.3. The molecule has 0 atom stereocenters. The number of fused-ring (bicyclic) bond motifs is 1. The number of benzene rings is 3. The molecule has 0 saturated carbocycles. The highest BCUT2D eigenvalue weighted by atomic mass is 32.2. The summed E-state index contributed by atoms with van der Waals surface area (Å²) >= 11 is 1.28. The molecule has 1 fully saturated rings. The molecule has 1 aliphatic heterocycles. The van der Waals surface area contributed by atoms with Crippen molar-refractivity contribution in [2.45, 2.75) is 43.2 Å². The highest BCUT2D eigenvalue weighted by molar-refractivity contribution is 7.99. The van der Waals surface area contributed by atoms with E-state index in [1.54, 1.807) is 29.4 Å². The Balaban J connectivity index is 1.25. The monoisotopic (exact) mass is 600 g/mol. The molecule has 6 rings (SSSR count). The van der Waals surface area contributed by atoms with Crippen LogP contribution in [0.2, 0.25) is 0 Å². The van der Waals surface area contributed by atoms with E-state index in [0.29, 0.717) is 35.3 Å². The standard InChI is InChI=1S/C31H32N6O3S2/c1-21-10-4-7-13-27(21)37-30(25-19-32-26-12-6-5-11-24(25)26)34-35-31(37)41-20-29(38)33-23-15-14-22(2)28(18-23)42(39,40)36-16-8-3-9-17-36/h4-7,10-15,18-19,32H,3,8-9,16-17,20H2,1-2H3,(H,33,38). The van der Waals surface area contributed by atoms with Gasteiger partial charge in [0.05, 0.1) is 16.3 Å². The average molecular weight is 601 g/mol. The van der Waals surface area contributed by atoms with Crippen LogP contribution in [0.1, 0.15) is 30.4 Å². The molecule has 216 valence electrons. The van der Waals surface area contributed by atoms with Crippen LogP contribution in [0, 0.1) is 13.8 Å². The summed E-state index contributed by atoms with van der Waals surface area (Å²) in [6, 6.07) is 21.1. The number of nitrogens with zero attached hydrogens (tertiary/aromatic N) is 4. The molecule has 0 unspecified atom stereocenters. The molecule has 5 aromatic rings. The Hall–Kier alpha value is -3.93. The minimum Gasteiger partial charge on any atom is -0.360 e. The molecule has 0 bridgehead atoms. The lowest BCUT2D eigenvalue weighted by atomic mass is 10.1. The zero-order valence-corrected chi connectivity index (χ0v) is 25.1. The number of sulfonamides is 1. The van der Waals surface area contributed by atoms with Gasteiger partial charge in [0.2, 0.25) is 15.9 Å². The molecule has 0 spiro atoms. The van der Waals surface area contributed by atoms with Crippen LogP contribution in [0.5, 0.6) is 0 Å². The van der Waals surface area contributed by atoms with Crippen molar-refractivity contribution < 1.29 is 13.2 Å². The van der Waals surface area contributed by atoms with Gasteiger partial charge in [-0.05, 0) is 62.1 Å². The fourth-order valence-electron chi connectivity index (χ4n) is 5.35. The Morgan fingerprint density at radius 2 is 1.71 bits per heavy atom. The number of carbonyl (C=O) groups excluding carboxylic acids is 1. The number of aryl methyl sites for hydroxylation is 2. The lowest BCUT2D eigenvalue weighted by Gasteiger charge is -2.26. The van der Waals surface area contributed by atoms with E-state index in [1.807, 2.05) is 66.2 Å². The third kappa shape index (κ3) is 5.47. The van der Waals surface area contributed by atoms with Gasteiger partial charge in [-0.3, -0.25) is 9.36 Å². The predicted molar refractivity (Wildman–Crippen MR) is 167 cm³/mol. The number of aromatic amines is 1. The molecule has 1 aliphatic rings. The van der Waals surface area contributed by atoms with Gasteiger partial charge in [0, 0.05) is 41.4 Å². The largest absolute Gasteiger partial charge is 0.360 e. The minimum atomic E-state index is -3.63. The SMILES string of the molecule is Cc1ccccc1-n1c(SCC(=O)Nc2ccc(C)c(S(=O)(=O)N3CCCCC3)c2)nnc1-c1c[nH]c2ccccc12. The van der Waals surface area contributed by atoms with E-state index in [0.717, 1.165) is 47.0 Å². The topological polar surface area (TPSA) is 113 Å². The van der Waals surface area contributed by atoms with Gasteiger partial charge in [0.15, 0.2) is 11.0 Å². The van der Waals surface area contributed by atoms with Crippen molar-refractivity contribution in [3.8, 4) is 17.1 Å². The van der Waals surface area contributed by atoms with Crippen molar-refractivity contribution >= 4 is 44.3 Å². The minimum absolute atomic E-state index is 0.0694. The molecular weight excluding hydrogens is 569 g/mol. The molecule has 0 radical (unpaired) electrons. The number of thioether (sulfide) groups is 1. The molecule has 3 aromatic carbocycles. The molecule has 3 heterocycles. The van der Waals surface area contributed by atoms with Crippen LogP contribution in [-0.2, 0) is 14.8 Å². The molecule has 1 amide bonds. The number of rotatable bonds is 8. The Morgan fingerprint density at radius 1 is 0.952 bits per heavy atom.